The van der Waals surface area contributed by atoms with E-state index in [1.807, 2.05) is 72.9 Å². The molecule has 2 aromatic carbocycles. The summed E-state index contributed by atoms with van der Waals surface area (Å²) in [4.78, 5) is 8.65. The highest BCUT2D eigenvalue weighted by molar-refractivity contribution is 7.96. The SMILES string of the molecule is COc1ccc(CN(Cc2ccc(OC)cc2)N(O)SCCc2ncc(C)cn2)cc1. The van der Waals surface area contributed by atoms with Crippen LogP contribution in [0, 0.1) is 6.92 Å². The molecule has 7 nitrogen and oxygen atoms in total. The van der Waals surface area contributed by atoms with Gasteiger partial charge < -0.3 is 9.47 Å². The molecule has 3 rings (SSSR count). The average Bonchev–Trinajstić information content (AvgIpc) is 2.81. The lowest BCUT2D eigenvalue weighted by Gasteiger charge is -2.29. The minimum Gasteiger partial charge on any atom is -0.497 e. The lowest BCUT2D eigenvalue weighted by molar-refractivity contribution is -0.168. The van der Waals surface area contributed by atoms with Gasteiger partial charge in [0.25, 0.3) is 0 Å². The molecule has 0 saturated carbocycles. The number of hydrogen-bond acceptors (Lipinski definition) is 8. The van der Waals surface area contributed by atoms with Crippen LogP contribution in [0.3, 0.4) is 0 Å². The zero-order valence-electron chi connectivity index (χ0n) is 18.1. The molecule has 0 saturated heterocycles. The Morgan fingerprint density at radius 3 is 1.77 bits per heavy atom. The number of rotatable bonds is 11. The van der Waals surface area contributed by atoms with Gasteiger partial charge in [0.05, 0.1) is 14.2 Å². The van der Waals surface area contributed by atoms with Crippen molar-refractivity contribution in [3.63, 3.8) is 0 Å². The number of aromatic nitrogens is 2. The third-order valence-corrected chi connectivity index (χ3v) is 5.51. The molecule has 8 heteroatoms. The van der Waals surface area contributed by atoms with Crippen LogP contribution in [0.5, 0.6) is 11.5 Å². The molecule has 0 unspecified atom stereocenters. The van der Waals surface area contributed by atoms with Gasteiger partial charge in [0.2, 0.25) is 0 Å². The van der Waals surface area contributed by atoms with Crippen molar-refractivity contribution in [3.8, 4) is 11.5 Å². The van der Waals surface area contributed by atoms with Gasteiger partial charge in [-0.1, -0.05) is 28.8 Å². The van der Waals surface area contributed by atoms with E-state index in [0.29, 0.717) is 25.3 Å². The molecule has 0 aliphatic heterocycles. The van der Waals surface area contributed by atoms with Crippen molar-refractivity contribution in [3.05, 3.63) is 83.4 Å². The molecule has 1 heterocycles. The van der Waals surface area contributed by atoms with Gasteiger partial charge in [-0.25, -0.2) is 9.97 Å². The van der Waals surface area contributed by atoms with E-state index >= 15 is 0 Å². The lowest BCUT2D eigenvalue weighted by atomic mass is 10.2. The molecule has 0 aliphatic rings. The van der Waals surface area contributed by atoms with Gasteiger partial charge >= 0.3 is 0 Å². The monoisotopic (exact) mass is 440 g/mol. The van der Waals surface area contributed by atoms with E-state index in [9.17, 15) is 5.21 Å². The molecule has 3 aromatic rings. The van der Waals surface area contributed by atoms with E-state index in [2.05, 4.69) is 9.97 Å². The first-order chi connectivity index (χ1) is 15.1. The Kier molecular flexibility index (Phi) is 8.66. The summed E-state index contributed by atoms with van der Waals surface area (Å²) >= 11 is 1.32. The van der Waals surface area contributed by atoms with Crippen LogP contribution in [0.1, 0.15) is 22.5 Å². The number of methoxy groups -OCH3 is 2. The van der Waals surface area contributed by atoms with Crippen LogP contribution >= 0.6 is 11.9 Å². The van der Waals surface area contributed by atoms with Crippen LogP contribution in [0.4, 0.5) is 0 Å². The Labute approximate surface area is 187 Å². The van der Waals surface area contributed by atoms with Crippen LogP contribution < -0.4 is 9.47 Å². The lowest BCUT2D eigenvalue weighted by Crippen LogP contribution is -2.35. The third kappa shape index (κ3) is 7.22. The summed E-state index contributed by atoms with van der Waals surface area (Å²) in [5.41, 5.74) is 3.16. The highest BCUT2D eigenvalue weighted by Gasteiger charge is 2.16. The molecule has 0 atom stereocenters. The number of hydrazine groups is 1. The Hall–Kier alpha value is -2.65. The van der Waals surface area contributed by atoms with Gasteiger partial charge in [0.1, 0.15) is 17.3 Å². The summed E-state index contributed by atoms with van der Waals surface area (Å²) in [7, 11) is 3.30. The summed E-state index contributed by atoms with van der Waals surface area (Å²) in [5.74, 6) is 3.03. The maximum atomic E-state index is 10.8. The van der Waals surface area contributed by atoms with Crippen LogP contribution in [0.15, 0.2) is 60.9 Å². The Balaban J connectivity index is 1.65. The molecule has 0 aliphatic carbocycles. The Morgan fingerprint density at radius 1 is 0.839 bits per heavy atom. The van der Waals surface area contributed by atoms with Gasteiger partial charge in [0, 0.05) is 37.7 Å². The molecular formula is C23H28N4O3S. The van der Waals surface area contributed by atoms with E-state index in [-0.39, 0.29) is 0 Å². The van der Waals surface area contributed by atoms with Crippen molar-refractivity contribution in [1.82, 2.24) is 19.6 Å². The normalized spacial score (nSPS) is 11.2. The summed E-state index contributed by atoms with van der Waals surface area (Å²) in [6.07, 6.45) is 4.29. The molecule has 1 N–H and O–H groups in total. The second-order valence-corrected chi connectivity index (χ2v) is 8.02. The van der Waals surface area contributed by atoms with Gasteiger partial charge in [-0.05, 0) is 59.8 Å². The highest BCUT2D eigenvalue weighted by atomic mass is 32.2. The van der Waals surface area contributed by atoms with Crippen molar-refractivity contribution in [2.24, 2.45) is 0 Å². The summed E-state index contributed by atoms with van der Waals surface area (Å²) in [5, 5.41) is 12.7. The second-order valence-electron chi connectivity index (χ2n) is 7.03. The standard InChI is InChI=1S/C23H28N4O3S/c1-18-14-24-23(25-15-18)12-13-31-27(28)26(16-19-4-8-21(29-2)9-5-19)17-20-6-10-22(30-3)11-7-20/h4-11,14-15,28H,12-13,16-17H2,1-3H3. The fourth-order valence-electron chi connectivity index (χ4n) is 2.91. The zero-order chi connectivity index (χ0) is 22.1. The summed E-state index contributed by atoms with van der Waals surface area (Å²) in [6, 6.07) is 15.7. The van der Waals surface area contributed by atoms with Gasteiger partial charge in [0.15, 0.2) is 0 Å². The number of hydrogen-bond donors (Lipinski definition) is 1. The van der Waals surface area contributed by atoms with Crippen LogP contribution in [-0.4, -0.2) is 44.7 Å². The smallest absolute Gasteiger partial charge is 0.129 e. The number of benzene rings is 2. The molecule has 0 bridgehead atoms. The number of aryl methyl sites for hydroxylation is 2. The van der Waals surface area contributed by atoms with Crippen molar-refractivity contribution >= 4 is 11.9 Å². The van der Waals surface area contributed by atoms with E-state index in [0.717, 1.165) is 34.0 Å². The number of nitrogens with zero attached hydrogens (tertiary/aromatic N) is 4. The van der Waals surface area contributed by atoms with Crippen molar-refractivity contribution in [1.29, 1.82) is 0 Å². The first kappa shape index (κ1) is 23.0. The van der Waals surface area contributed by atoms with Crippen LogP contribution in [0.2, 0.25) is 0 Å². The minimum absolute atomic E-state index is 0.542. The van der Waals surface area contributed by atoms with E-state index in [4.69, 9.17) is 9.47 Å². The fourth-order valence-corrected chi connectivity index (χ4v) is 3.62. The van der Waals surface area contributed by atoms with Crippen molar-refractivity contribution in [2.75, 3.05) is 20.0 Å². The Morgan fingerprint density at radius 2 is 1.32 bits per heavy atom. The molecule has 0 fully saturated rings. The van der Waals surface area contributed by atoms with E-state index in [1.54, 1.807) is 14.2 Å². The maximum Gasteiger partial charge on any atom is 0.129 e. The molecule has 31 heavy (non-hydrogen) atoms. The quantitative estimate of drug-likeness (QED) is 0.350. The van der Waals surface area contributed by atoms with Crippen molar-refractivity contribution in [2.45, 2.75) is 26.4 Å². The fraction of sp³-hybridized carbons (Fsp3) is 0.304. The molecule has 0 radical (unpaired) electrons. The van der Waals surface area contributed by atoms with Gasteiger partial charge in [-0.3, -0.25) is 5.21 Å². The summed E-state index contributed by atoms with van der Waals surface area (Å²) < 4.78 is 11.7. The average molecular weight is 441 g/mol. The van der Waals surface area contributed by atoms with Crippen LogP contribution in [-0.2, 0) is 19.5 Å². The third-order valence-electron chi connectivity index (χ3n) is 4.66. The first-order valence-corrected chi connectivity index (χ1v) is 10.9. The molecule has 164 valence electrons. The maximum absolute atomic E-state index is 10.8. The summed E-state index contributed by atoms with van der Waals surface area (Å²) in [6.45, 7) is 3.05. The predicted molar refractivity (Wildman–Crippen MR) is 122 cm³/mol. The molecule has 1 aromatic heterocycles. The Bertz CT molecular complexity index is 872. The second kappa shape index (κ2) is 11.7. The molecule has 0 amide bonds. The first-order valence-electron chi connectivity index (χ1n) is 9.97. The van der Waals surface area contributed by atoms with Crippen molar-refractivity contribution < 1.29 is 14.7 Å². The van der Waals surface area contributed by atoms with Gasteiger partial charge in [-0.2, -0.15) is 5.01 Å². The predicted octanol–water partition coefficient (Wildman–Crippen LogP) is 4.30. The molecular weight excluding hydrogens is 412 g/mol. The zero-order valence-corrected chi connectivity index (χ0v) is 18.9. The topological polar surface area (TPSA) is 71.0 Å². The molecule has 0 spiro atoms. The largest absolute Gasteiger partial charge is 0.497 e. The van der Waals surface area contributed by atoms with E-state index in [1.165, 1.54) is 16.5 Å². The number of ether oxygens (including phenoxy) is 2. The van der Waals surface area contributed by atoms with Crippen LogP contribution in [0.25, 0.3) is 0 Å². The van der Waals surface area contributed by atoms with E-state index < -0.39 is 0 Å². The highest BCUT2D eigenvalue weighted by Crippen LogP contribution is 2.21. The van der Waals surface area contributed by atoms with Gasteiger partial charge in [-0.15, -0.1) is 0 Å². The minimum atomic E-state index is 0.542.